The van der Waals surface area contributed by atoms with Gasteiger partial charge in [0, 0.05) is 24.0 Å². The van der Waals surface area contributed by atoms with E-state index in [-0.39, 0.29) is 11.9 Å². The molecule has 3 heteroatoms. The minimum Gasteiger partial charge on any atom is -0.306 e. The molecule has 0 saturated carbocycles. The molecule has 0 aliphatic rings. The Bertz CT molecular complexity index is 567. The van der Waals surface area contributed by atoms with Crippen molar-refractivity contribution in [2.24, 2.45) is 0 Å². The van der Waals surface area contributed by atoms with Gasteiger partial charge in [-0.05, 0) is 62.6 Å². The van der Waals surface area contributed by atoms with Crippen molar-refractivity contribution in [3.63, 3.8) is 0 Å². The maximum Gasteiger partial charge on any atom is 0.123 e. The molecule has 0 aliphatic heterocycles. The van der Waals surface area contributed by atoms with Crippen molar-refractivity contribution < 1.29 is 4.39 Å². The van der Waals surface area contributed by atoms with Crippen LogP contribution in [0.15, 0.2) is 30.3 Å². The highest BCUT2D eigenvalue weighted by molar-refractivity contribution is 5.33. The van der Waals surface area contributed by atoms with Crippen LogP contribution in [0.3, 0.4) is 0 Å². The lowest BCUT2D eigenvalue weighted by Gasteiger charge is -2.19. The van der Waals surface area contributed by atoms with Crippen LogP contribution in [-0.2, 0) is 6.54 Å². The first-order chi connectivity index (χ1) is 9.47. The van der Waals surface area contributed by atoms with Crippen LogP contribution in [0.5, 0.6) is 0 Å². The van der Waals surface area contributed by atoms with Crippen LogP contribution in [0.4, 0.5) is 4.39 Å². The van der Waals surface area contributed by atoms with Crippen LogP contribution in [0.25, 0.3) is 0 Å². The molecule has 1 heterocycles. The second-order valence-corrected chi connectivity index (χ2v) is 5.31. The highest BCUT2D eigenvalue weighted by Gasteiger charge is 2.12. The number of hydrogen-bond acceptors (Lipinski definition) is 2. The summed E-state index contributed by atoms with van der Waals surface area (Å²) in [4.78, 5) is 4.53. The molecule has 106 valence electrons. The first kappa shape index (κ1) is 14.7. The first-order valence-corrected chi connectivity index (χ1v) is 6.90. The molecule has 0 fully saturated rings. The molecule has 0 spiro atoms. The quantitative estimate of drug-likeness (QED) is 0.910. The Hall–Kier alpha value is -1.74. The number of rotatable bonds is 4. The summed E-state index contributed by atoms with van der Waals surface area (Å²) in [5.41, 5.74) is 5.71. The molecule has 1 aromatic carbocycles. The molecular weight excluding hydrogens is 251 g/mol. The Morgan fingerprint density at radius 1 is 1.15 bits per heavy atom. The average Bonchev–Trinajstić information content (AvgIpc) is 2.37. The molecule has 1 aromatic heterocycles. The molecule has 1 N–H and O–H groups in total. The second-order valence-electron chi connectivity index (χ2n) is 5.31. The zero-order valence-corrected chi connectivity index (χ0v) is 12.5. The number of nitrogens with zero attached hydrogens (tertiary/aromatic N) is 1. The Kier molecular flexibility index (Phi) is 4.50. The second kappa shape index (κ2) is 6.14. The Morgan fingerprint density at radius 2 is 1.80 bits per heavy atom. The maximum atomic E-state index is 12.9. The zero-order valence-electron chi connectivity index (χ0n) is 12.5. The molecule has 1 atom stereocenters. The summed E-state index contributed by atoms with van der Waals surface area (Å²) in [6, 6.07) is 8.92. The van der Waals surface area contributed by atoms with Crippen LogP contribution >= 0.6 is 0 Å². The summed E-state index contributed by atoms with van der Waals surface area (Å²) < 4.78 is 12.9. The van der Waals surface area contributed by atoms with Gasteiger partial charge >= 0.3 is 0 Å². The smallest absolute Gasteiger partial charge is 0.123 e. The lowest BCUT2D eigenvalue weighted by atomic mass is 10.00. The maximum absolute atomic E-state index is 12.9. The van der Waals surface area contributed by atoms with E-state index in [1.807, 2.05) is 26.0 Å². The van der Waals surface area contributed by atoms with Crippen LogP contribution in [0.1, 0.15) is 41.0 Å². The van der Waals surface area contributed by atoms with Gasteiger partial charge in [-0.1, -0.05) is 12.1 Å². The third kappa shape index (κ3) is 3.42. The van der Waals surface area contributed by atoms with Crippen molar-refractivity contribution >= 4 is 0 Å². The molecule has 20 heavy (non-hydrogen) atoms. The zero-order chi connectivity index (χ0) is 14.7. The number of nitrogens with one attached hydrogen (secondary N) is 1. The molecule has 1 unspecified atom stereocenters. The highest BCUT2D eigenvalue weighted by Crippen LogP contribution is 2.21. The van der Waals surface area contributed by atoms with Gasteiger partial charge in [0.15, 0.2) is 0 Å². The molecule has 0 aliphatic carbocycles. The van der Waals surface area contributed by atoms with E-state index in [2.05, 4.69) is 30.2 Å². The molecule has 2 nitrogen and oxygen atoms in total. The normalized spacial score (nSPS) is 12.4. The van der Waals surface area contributed by atoms with Crippen molar-refractivity contribution in [2.75, 3.05) is 0 Å². The lowest BCUT2D eigenvalue weighted by molar-refractivity contribution is 0.565. The third-order valence-corrected chi connectivity index (χ3v) is 3.54. The van der Waals surface area contributed by atoms with Crippen LogP contribution in [0.2, 0.25) is 0 Å². The van der Waals surface area contributed by atoms with E-state index in [9.17, 15) is 4.39 Å². The van der Waals surface area contributed by atoms with E-state index in [1.54, 1.807) is 0 Å². The van der Waals surface area contributed by atoms with E-state index >= 15 is 0 Å². The van der Waals surface area contributed by atoms with E-state index in [0.29, 0.717) is 6.54 Å². The molecular formula is C17H21FN2. The van der Waals surface area contributed by atoms with Gasteiger partial charge in [-0.2, -0.15) is 0 Å². The fourth-order valence-corrected chi connectivity index (χ4v) is 2.66. The molecule has 0 bridgehead atoms. The van der Waals surface area contributed by atoms with Crippen molar-refractivity contribution in [3.8, 4) is 0 Å². The molecule has 0 saturated heterocycles. The summed E-state index contributed by atoms with van der Waals surface area (Å²) in [5.74, 6) is -0.198. The van der Waals surface area contributed by atoms with Gasteiger partial charge in [0.25, 0.3) is 0 Å². The van der Waals surface area contributed by atoms with Crippen LogP contribution in [0, 0.1) is 26.6 Å². The minimum atomic E-state index is -0.198. The summed E-state index contributed by atoms with van der Waals surface area (Å²) >= 11 is 0. The Balaban J connectivity index is 2.09. The number of halogens is 1. The van der Waals surface area contributed by atoms with Crippen molar-refractivity contribution in [1.29, 1.82) is 0 Å². The number of aryl methyl sites for hydroxylation is 3. The Labute approximate surface area is 120 Å². The summed E-state index contributed by atoms with van der Waals surface area (Å²) in [7, 11) is 0. The van der Waals surface area contributed by atoms with Crippen LogP contribution in [-0.4, -0.2) is 4.98 Å². The molecule has 0 radical (unpaired) electrons. The van der Waals surface area contributed by atoms with Crippen LogP contribution < -0.4 is 5.32 Å². The monoisotopic (exact) mass is 272 g/mol. The van der Waals surface area contributed by atoms with E-state index in [1.165, 1.54) is 23.3 Å². The van der Waals surface area contributed by atoms with Gasteiger partial charge in [0.2, 0.25) is 0 Å². The molecule has 2 aromatic rings. The van der Waals surface area contributed by atoms with Gasteiger partial charge in [-0.25, -0.2) is 4.39 Å². The predicted molar refractivity (Wildman–Crippen MR) is 80.1 cm³/mol. The highest BCUT2D eigenvalue weighted by atomic mass is 19.1. The third-order valence-electron chi connectivity index (χ3n) is 3.54. The summed E-state index contributed by atoms with van der Waals surface area (Å²) in [6.45, 7) is 9.03. The summed E-state index contributed by atoms with van der Waals surface area (Å²) in [6.07, 6.45) is 0. The number of aromatic nitrogens is 1. The van der Waals surface area contributed by atoms with Crippen molar-refractivity contribution in [3.05, 3.63) is 64.2 Å². The lowest BCUT2D eigenvalue weighted by Crippen LogP contribution is -2.20. The molecule has 0 amide bonds. The van der Waals surface area contributed by atoms with Gasteiger partial charge in [-0.15, -0.1) is 0 Å². The standard InChI is InChI=1S/C17H21FN2/c1-11-9-12(2)20-14(4)17(11)13(3)19-10-15-5-7-16(18)8-6-15/h5-9,13,19H,10H2,1-4H3. The van der Waals surface area contributed by atoms with Crippen molar-refractivity contribution in [2.45, 2.75) is 40.3 Å². The minimum absolute atomic E-state index is 0.198. The number of pyridine rings is 1. The summed E-state index contributed by atoms with van der Waals surface area (Å²) in [5, 5.41) is 3.47. The van der Waals surface area contributed by atoms with E-state index in [0.717, 1.165) is 17.0 Å². The van der Waals surface area contributed by atoms with Crippen molar-refractivity contribution in [1.82, 2.24) is 10.3 Å². The largest absolute Gasteiger partial charge is 0.306 e. The SMILES string of the molecule is Cc1cc(C)c(C(C)NCc2ccc(F)cc2)c(C)n1. The van der Waals surface area contributed by atoms with Gasteiger partial charge in [0.1, 0.15) is 5.82 Å². The average molecular weight is 272 g/mol. The number of benzene rings is 1. The van der Waals surface area contributed by atoms with Gasteiger partial charge < -0.3 is 5.32 Å². The number of hydrogen-bond donors (Lipinski definition) is 1. The fourth-order valence-electron chi connectivity index (χ4n) is 2.66. The topological polar surface area (TPSA) is 24.9 Å². The van der Waals surface area contributed by atoms with E-state index < -0.39 is 0 Å². The first-order valence-electron chi connectivity index (χ1n) is 6.90. The molecule has 2 rings (SSSR count). The van der Waals surface area contributed by atoms with E-state index in [4.69, 9.17) is 0 Å². The Morgan fingerprint density at radius 3 is 2.40 bits per heavy atom. The predicted octanol–water partition coefficient (Wildman–Crippen LogP) is 4.00. The fraction of sp³-hybridized carbons (Fsp3) is 0.353. The van der Waals surface area contributed by atoms with Gasteiger partial charge in [-0.3, -0.25) is 4.98 Å². The van der Waals surface area contributed by atoms with Gasteiger partial charge in [0.05, 0.1) is 0 Å².